The minimum absolute atomic E-state index is 0.0334. The van der Waals surface area contributed by atoms with E-state index in [0.717, 1.165) is 19.3 Å². The molecule has 0 aliphatic heterocycles. The molecule has 3 aliphatic carbocycles. The Balaban J connectivity index is 1.45. The molecule has 114 valence electrons. The van der Waals surface area contributed by atoms with Crippen molar-refractivity contribution in [1.29, 1.82) is 5.26 Å². The van der Waals surface area contributed by atoms with Gasteiger partial charge in [0.2, 0.25) is 5.91 Å². The quantitative estimate of drug-likeness (QED) is 0.811. The first-order chi connectivity index (χ1) is 10.4. The van der Waals surface area contributed by atoms with Crippen molar-refractivity contribution in [3.05, 3.63) is 24.0 Å². The van der Waals surface area contributed by atoms with Crippen molar-refractivity contribution < 1.29 is 14.3 Å². The van der Waals surface area contributed by atoms with Crippen LogP contribution < -0.4 is 15.4 Å². The number of nitriles is 1. The Kier molecular flexibility index (Phi) is 3.24. The van der Waals surface area contributed by atoms with Crippen molar-refractivity contribution in [3.63, 3.8) is 0 Å². The molecule has 0 aromatic carbocycles. The Morgan fingerprint density at radius 2 is 2.05 bits per heavy atom. The molecule has 4 rings (SSSR count). The number of pyridine rings is 1. The summed E-state index contributed by atoms with van der Waals surface area (Å²) in [6.45, 7) is 1.40. The van der Waals surface area contributed by atoms with Gasteiger partial charge in [0.1, 0.15) is 17.5 Å². The van der Waals surface area contributed by atoms with Gasteiger partial charge in [-0.15, -0.1) is 0 Å². The Labute approximate surface area is 127 Å². The number of carbonyl (C=O) groups is 2. The maximum absolute atomic E-state index is 11.9. The van der Waals surface area contributed by atoms with Crippen LogP contribution in [0.25, 0.3) is 0 Å². The lowest BCUT2D eigenvalue weighted by atomic mass is 9.44. The van der Waals surface area contributed by atoms with E-state index in [-0.39, 0.29) is 35.2 Å². The SMILES string of the molecule is CC(=O)NC12CC(NC(=O)COc3ccnc(C#N)c3)(C1)C2. The number of nitrogens with zero attached hydrogens (tertiary/aromatic N) is 2. The van der Waals surface area contributed by atoms with E-state index in [2.05, 4.69) is 15.6 Å². The Bertz CT molecular complexity index is 660. The normalized spacial score (nSPS) is 27.6. The Morgan fingerprint density at radius 3 is 2.68 bits per heavy atom. The molecule has 3 fully saturated rings. The molecule has 2 amide bonds. The number of hydrogen-bond acceptors (Lipinski definition) is 5. The van der Waals surface area contributed by atoms with Crippen molar-refractivity contribution in [2.24, 2.45) is 0 Å². The lowest BCUT2D eigenvalue weighted by Gasteiger charge is -2.70. The highest BCUT2D eigenvalue weighted by Crippen LogP contribution is 2.60. The predicted octanol–water partition coefficient (Wildman–Crippen LogP) is 0.259. The van der Waals surface area contributed by atoms with E-state index in [0.29, 0.717) is 5.75 Å². The number of rotatable bonds is 5. The van der Waals surface area contributed by atoms with Crippen molar-refractivity contribution in [2.45, 2.75) is 37.3 Å². The third-order valence-corrected chi connectivity index (χ3v) is 4.09. The minimum Gasteiger partial charge on any atom is -0.484 e. The second kappa shape index (κ2) is 4.98. The molecule has 7 nitrogen and oxygen atoms in total. The zero-order valence-electron chi connectivity index (χ0n) is 12.2. The molecule has 0 saturated heterocycles. The maximum Gasteiger partial charge on any atom is 0.258 e. The number of aromatic nitrogens is 1. The predicted molar refractivity (Wildman–Crippen MR) is 75.7 cm³/mol. The van der Waals surface area contributed by atoms with Crippen LogP contribution in [-0.4, -0.2) is 34.5 Å². The van der Waals surface area contributed by atoms with Gasteiger partial charge >= 0.3 is 0 Å². The van der Waals surface area contributed by atoms with E-state index in [1.807, 2.05) is 6.07 Å². The van der Waals surface area contributed by atoms with E-state index in [9.17, 15) is 9.59 Å². The number of amides is 2. The fraction of sp³-hybridized carbons (Fsp3) is 0.467. The molecular formula is C15H16N4O3. The molecule has 2 N–H and O–H groups in total. The van der Waals surface area contributed by atoms with Gasteiger partial charge in [-0.2, -0.15) is 5.26 Å². The Hall–Kier alpha value is -2.62. The van der Waals surface area contributed by atoms with Gasteiger partial charge in [-0.25, -0.2) is 4.98 Å². The molecule has 0 unspecified atom stereocenters. The molecule has 0 atom stereocenters. The van der Waals surface area contributed by atoms with Crippen LogP contribution in [-0.2, 0) is 9.59 Å². The van der Waals surface area contributed by atoms with E-state index >= 15 is 0 Å². The fourth-order valence-corrected chi connectivity index (χ4v) is 3.47. The van der Waals surface area contributed by atoms with Gasteiger partial charge in [0.25, 0.3) is 5.91 Å². The number of hydrogen-bond donors (Lipinski definition) is 2. The first-order valence-corrected chi connectivity index (χ1v) is 7.03. The molecular weight excluding hydrogens is 284 g/mol. The standard InChI is InChI=1S/C15H16N4O3/c1-10(20)18-14-7-15(8-14,9-14)19-13(21)6-22-12-2-3-17-11(4-12)5-16/h2-4H,6-9H2,1H3,(H,18,20)(H,19,21). The van der Waals surface area contributed by atoms with E-state index in [1.165, 1.54) is 19.2 Å². The summed E-state index contributed by atoms with van der Waals surface area (Å²) < 4.78 is 5.36. The highest BCUT2D eigenvalue weighted by Gasteiger charge is 2.69. The van der Waals surface area contributed by atoms with Crippen LogP contribution in [0.5, 0.6) is 5.75 Å². The van der Waals surface area contributed by atoms with Crippen molar-refractivity contribution in [3.8, 4) is 11.8 Å². The average Bonchev–Trinajstić information content (AvgIpc) is 2.41. The molecule has 1 heterocycles. The van der Waals surface area contributed by atoms with E-state index in [4.69, 9.17) is 10.00 Å². The van der Waals surface area contributed by atoms with Gasteiger partial charge in [0.05, 0.1) is 0 Å². The largest absolute Gasteiger partial charge is 0.484 e. The highest BCUT2D eigenvalue weighted by atomic mass is 16.5. The molecule has 7 heteroatoms. The first-order valence-electron chi connectivity index (χ1n) is 7.03. The van der Waals surface area contributed by atoms with Gasteiger partial charge in [-0.1, -0.05) is 0 Å². The van der Waals surface area contributed by atoms with Crippen LogP contribution in [0.15, 0.2) is 18.3 Å². The lowest BCUT2D eigenvalue weighted by Crippen LogP contribution is -2.83. The lowest BCUT2D eigenvalue weighted by molar-refractivity contribution is -0.149. The third kappa shape index (κ3) is 2.60. The smallest absolute Gasteiger partial charge is 0.258 e. The molecule has 3 saturated carbocycles. The van der Waals surface area contributed by atoms with Crippen LogP contribution in [0, 0.1) is 11.3 Å². The summed E-state index contributed by atoms with van der Waals surface area (Å²) in [4.78, 5) is 26.8. The van der Waals surface area contributed by atoms with Gasteiger partial charge in [-0.05, 0) is 25.3 Å². The summed E-state index contributed by atoms with van der Waals surface area (Å²) in [5, 5.41) is 14.6. The molecule has 22 heavy (non-hydrogen) atoms. The second-order valence-electron chi connectivity index (χ2n) is 6.10. The molecule has 0 spiro atoms. The summed E-state index contributed by atoms with van der Waals surface area (Å²) in [6.07, 6.45) is 3.79. The molecule has 3 aliphatic rings. The van der Waals surface area contributed by atoms with Crippen LogP contribution >= 0.6 is 0 Å². The van der Waals surface area contributed by atoms with Gasteiger partial charge in [0.15, 0.2) is 6.61 Å². The molecule has 1 aromatic heterocycles. The fourth-order valence-electron chi connectivity index (χ4n) is 3.47. The molecule has 0 radical (unpaired) electrons. The monoisotopic (exact) mass is 300 g/mol. The topological polar surface area (TPSA) is 104 Å². The highest BCUT2D eigenvalue weighted by molar-refractivity contribution is 5.80. The zero-order chi connectivity index (χ0) is 15.8. The number of carbonyl (C=O) groups excluding carboxylic acids is 2. The summed E-state index contributed by atoms with van der Waals surface area (Å²) in [5.41, 5.74) is -0.0410. The summed E-state index contributed by atoms with van der Waals surface area (Å²) in [5.74, 6) is 0.203. The van der Waals surface area contributed by atoms with Crippen LogP contribution in [0.1, 0.15) is 31.9 Å². The Morgan fingerprint density at radius 1 is 1.36 bits per heavy atom. The van der Waals surface area contributed by atoms with Gasteiger partial charge in [0, 0.05) is 30.3 Å². The minimum atomic E-state index is -0.202. The van der Waals surface area contributed by atoms with Crippen LogP contribution in [0.3, 0.4) is 0 Å². The number of ether oxygens (including phenoxy) is 1. The first kappa shape index (κ1) is 14.3. The maximum atomic E-state index is 11.9. The summed E-state index contributed by atoms with van der Waals surface area (Å²) in [6, 6.07) is 5.00. The van der Waals surface area contributed by atoms with Gasteiger partial charge in [-0.3, -0.25) is 9.59 Å². The second-order valence-corrected chi connectivity index (χ2v) is 6.10. The van der Waals surface area contributed by atoms with Crippen molar-refractivity contribution in [2.75, 3.05) is 6.61 Å². The third-order valence-electron chi connectivity index (χ3n) is 4.09. The van der Waals surface area contributed by atoms with Crippen LogP contribution in [0.2, 0.25) is 0 Å². The summed E-state index contributed by atoms with van der Waals surface area (Å²) in [7, 11) is 0. The average molecular weight is 300 g/mol. The van der Waals surface area contributed by atoms with E-state index < -0.39 is 0 Å². The number of nitrogens with one attached hydrogen (secondary N) is 2. The molecule has 1 aromatic rings. The van der Waals surface area contributed by atoms with Gasteiger partial charge < -0.3 is 15.4 Å². The van der Waals surface area contributed by atoms with Crippen molar-refractivity contribution in [1.82, 2.24) is 15.6 Å². The summed E-state index contributed by atoms with van der Waals surface area (Å²) >= 11 is 0. The van der Waals surface area contributed by atoms with Crippen molar-refractivity contribution >= 4 is 11.8 Å². The zero-order valence-corrected chi connectivity index (χ0v) is 12.2. The van der Waals surface area contributed by atoms with Crippen LogP contribution in [0.4, 0.5) is 0 Å². The van der Waals surface area contributed by atoms with E-state index in [1.54, 1.807) is 6.07 Å². The molecule has 2 bridgehead atoms.